The molecule has 98 valence electrons. The van der Waals surface area contributed by atoms with Gasteiger partial charge in [0.05, 0.1) is 17.3 Å². The van der Waals surface area contributed by atoms with Gasteiger partial charge in [-0.05, 0) is 19.1 Å². The summed E-state index contributed by atoms with van der Waals surface area (Å²) in [5.41, 5.74) is 0.798. The summed E-state index contributed by atoms with van der Waals surface area (Å²) < 4.78 is 0. The molecule has 2 unspecified atom stereocenters. The molecule has 1 saturated heterocycles. The molecule has 1 heterocycles. The molecule has 18 heavy (non-hydrogen) atoms. The fourth-order valence-electron chi connectivity index (χ4n) is 2.25. The summed E-state index contributed by atoms with van der Waals surface area (Å²) in [6, 6.07) is 6.93. The molecule has 0 bridgehead atoms. The first-order chi connectivity index (χ1) is 8.56. The minimum Gasteiger partial charge on any atom is -0.394 e. The van der Waals surface area contributed by atoms with Gasteiger partial charge in [-0.15, -0.1) is 0 Å². The van der Waals surface area contributed by atoms with Gasteiger partial charge in [-0.1, -0.05) is 23.7 Å². The topological polar surface area (TPSA) is 43.8 Å². The minimum atomic E-state index is -0.550. The van der Waals surface area contributed by atoms with E-state index in [0.717, 1.165) is 5.69 Å². The first-order valence-corrected chi connectivity index (χ1v) is 6.32. The van der Waals surface area contributed by atoms with Gasteiger partial charge in [0, 0.05) is 19.6 Å². The zero-order chi connectivity index (χ0) is 13.3. The summed E-state index contributed by atoms with van der Waals surface area (Å²) in [5, 5.41) is 10.1. The molecule has 5 heteroatoms. The number of hydrogen-bond acceptors (Lipinski definition) is 3. The molecule has 1 amide bonds. The van der Waals surface area contributed by atoms with Gasteiger partial charge < -0.3 is 14.9 Å². The number of rotatable bonds is 2. The molecule has 1 fully saturated rings. The number of hydrogen-bond donors (Lipinski definition) is 1. The Morgan fingerprint density at radius 3 is 2.72 bits per heavy atom. The second-order valence-electron chi connectivity index (χ2n) is 4.60. The molecular weight excluding hydrogens is 252 g/mol. The van der Waals surface area contributed by atoms with Crippen molar-refractivity contribution in [3.8, 4) is 0 Å². The highest BCUT2D eigenvalue weighted by Crippen LogP contribution is 2.29. The van der Waals surface area contributed by atoms with Crippen molar-refractivity contribution < 1.29 is 9.90 Å². The van der Waals surface area contributed by atoms with E-state index in [-0.39, 0.29) is 18.6 Å². The fourth-order valence-corrected chi connectivity index (χ4v) is 2.49. The first-order valence-electron chi connectivity index (χ1n) is 5.95. The molecule has 1 aliphatic heterocycles. The Labute approximate surface area is 112 Å². The summed E-state index contributed by atoms with van der Waals surface area (Å²) in [5.74, 6) is -0.0730. The van der Waals surface area contributed by atoms with Crippen molar-refractivity contribution in [1.82, 2.24) is 4.90 Å². The van der Waals surface area contributed by atoms with Gasteiger partial charge in [0.2, 0.25) is 5.91 Å². The number of halogens is 1. The summed E-state index contributed by atoms with van der Waals surface area (Å²) in [7, 11) is 1.76. The van der Waals surface area contributed by atoms with E-state index in [0.29, 0.717) is 11.6 Å². The third kappa shape index (κ3) is 2.18. The Morgan fingerprint density at radius 1 is 1.44 bits per heavy atom. The summed E-state index contributed by atoms with van der Waals surface area (Å²) in [4.78, 5) is 15.7. The van der Waals surface area contributed by atoms with Gasteiger partial charge in [0.25, 0.3) is 0 Å². The summed E-state index contributed by atoms with van der Waals surface area (Å²) >= 11 is 6.16. The van der Waals surface area contributed by atoms with Gasteiger partial charge in [0.1, 0.15) is 6.04 Å². The Balaban J connectivity index is 2.37. The molecule has 0 spiro atoms. The van der Waals surface area contributed by atoms with Gasteiger partial charge in [-0.2, -0.15) is 0 Å². The van der Waals surface area contributed by atoms with E-state index in [4.69, 9.17) is 11.6 Å². The second kappa shape index (κ2) is 5.16. The molecule has 1 aliphatic rings. The van der Waals surface area contributed by atoms with E-state index < -0.39 is 6.04 Å². The maximum Gasteiger partial charge on any atom is 0.247 e. The molecule has 2 rings (SSSR count). The van der Waals surface area contributed by atoms with E-state index in [1.807, 2.05) is 30.0 Å². The van der Waals surface area contributed by atoms with Crippen molar-refractivity contribution >= 4 is 23.2 Å². The second-order valence-corrected chi connectivity index (χ2v) is 5.01. The van der Waals surface area contributed by atoms with Gasteiger partial charge >= 0.3 is 0 Å². The number of aliphatic hydroxyl groups is 1. The number of anilines is 1. The molecule has 0 radical (unpaired) electrons. The Hall–Kier alpha value is -1.26. The smallest absolute Gasteiger partial charge is 0.247 e. The molecule has 0 aliphatic carbocycles. The van der Waals surface area contributed by atoms with Crippen LogP contribution in [0.15, 0.2) is 24.3 Å². The van der Waals surface area contributed by atoms with Crippen LogP contribution in [-0.2, 0) is 4.79 Å². The van der Waals surface area contributed by atoms with Crippen molar-refractivity contribution in [2.45, 2.75) is 19.0 Å². The number of benzene rings is 1. The normalized spacial score (nSPS) is 24.6. The number of amides is 1. The van der Waals surface area contributed by atoms with Crippen LogP contribution in [0.4, 0.5) is 5.69 Å². The predicted molar refractivity (Wildman–Crippen MR) is 71.9 cm³/mol. The number of aliphatic hydroxyl groups excluding tert-OH is 1. The van der Waals surface area contributed by atoms with E-state index in [1.54, 1.807) is 18.0 Å². The average Bonchev–Trinajstić information content (AvgIpc) is 2.36. The third-order valence-electron chi connectivity index (χ3n) is 3.47. The maximum atomic E-state index is 12.1. The number of nitrogens with zero attached hydrogens (tertiary/aromatic N) is 2. The molecule has 0 saturated carbocycles. The lowest BCUT2D eigenvalue weighted by molar-refractivity contribution is -0.136. The highest BCUT2D eigenvalue weighted by molar-refractivity contribution is 6.33. The largest absolute Gasteiger partial charge is 0.394 e. The monoisotopic (exact) mass is 268 g/mol. The molecule has 1 aromatic rings. The first kappa shape index (κ1) is 13.2. The zero-order valence-electron chi connectivity index (χ0n) is 10.5. The van der Waals surface area contributed by atoms with Crippen molar-refractivity contribution in [1.29, 1.82) is 0 Å². The lowest BCUT2D eigenvalue weighted by atomic mass is 10.1. The molecule has 4 nitrogen and oxygen atoms in total. The van der Waals surface area contributed by atoms with E-state index in [1.165, 1.54) is 0 Å². The number of carbonyl (C=O) groups excluding carboxylic acids is 1. The zero-order valence-corrected chi connectivity index (χ0v) is 11.3. The van der Waals surface area contributed by atoms with Crippen LogP contribution < -0.4 is 4.90 Å². The van der Waals surface area contributed by atoms with E-state index >= 15 is 0 Å². The minimum absolute atomic E-state index is 0.0730. The fraction of sp³-hybridized carbons (Fsp3) is 0.462. The lowest BCUT2D eigenvalue weighted by Crippen LogP contribution is -2.61. The standard InChI is InChI=1S/C13H17ClN2O2/c1-9-7-16(11-6-4-3-5-10(11)14)12(8-17)13(18)15(9)2/h3-6,9,12,17H,7-8H2,1-2H3. The predicted octanol–water partition coefficient (Wildman–Crippen LogP) is 1.37. The third-order valence-corrected chi connectivity index (χ3v) is 3.79. The Kier molecular flexibility index (Phi) is 3.78. The quantitative estimate of drug-likeness (QED) is 0.881. The van der Waals surface area contributed by atoms with Crippen molar-refractivity contribution in [3.63, 3.8) is 0 Å². The molecule has 2 atom stereocenters. The van der Waals surface area contributed by atoms with Crippen LogP contribution in [0.2, 0.25) is 5.02 Å². The van der Waals surface area contributed by atoms with E-state index in [2.05, 4.69) is 0 Å². The van der Waals surface area contributed by atoms with Crippen molar-refractivity contribution in [2.24, 2.45) is 0 Å². The Morgan fingerprint density at radius 2 is 2.11 bits per heavy atom. The van der Waals surface area contributed by atoms with Crippen LogP contribution in [0.3, 0.4) is 0 Å². The average molecular weight is 269 g/mol. The molecule has 0 aromatic heterocycles. The van der Waals surface area contributed by atoms with Crippen molar-refractivity contribution in [2.75, 3.05) is 25.1 Å². The molecular formula is C13H17ClN2O2. The number of likely N-dealkylation sites (N-methyl/N-ethyl adjacent to an activating group) is 1. The van der Waals surface area contributed by atoms with Crippen LogP contribution in [0.1, 0.15) is 6.92 Å². The highest BCUT2D eigenvalue weighted by atomic mass is 35.5. The van der Waals surface area contributed by atoms with Crippen LogP contribution in [0.5, 0.6) is 0 Å². The lowest BCUT2D eigenvalue weighted by Gasteiger charge is -2.43. The number of piperazine rings is 1. The van der Waals surface area contributed by atoms with Gasteiger partial charge in [-0.25, -0.2) is 0 Å². The summed E-state index contributed by atoms with van der Waals surface area (Å²) in [6.45, 7) is 2.44. The van der Waals surface area contributed by atoms with Crippen LogP contribution in [0.25, 0.3) is 0 Å². The number of para-hydroxylation sites is 1. The van der Waals surface area contributed by atoms with Crippen LogP contribution in [-0.4, -0.2) is 48.2 Å². The molecule has 1 aromatic carbocycles. The van der Waals surface area contributed by atoms with Gasteiger partial charge in [-0.3, -0.25) is 4.79 Å². The van der Waals surface area contributed by atoms with Crippen LogP contribution >= 0.6 is 11.6 Å². The molecule has 1 N–H and O–H groups in total. The van der Waals surface area contributed by atoms with Gasteiger partial charge in [0.15, 0.2) is 0 Å². The van der Waals surface area contributed by atoms with E-state index in [9.17, 15) is 9.90 Å². The highest BCUT2D eigenvalue weighted by Gasteiger charge is 2.36. The SMILES string of the molecule is CC1CN(c2ccccc2Cl)C(CO)C(=O)N1C. The van der Waals surface area contributed by atoms with Crippen molar-refractivity contribution in [3.05, 3.63) is 29.3 Å². The maximum absolute atomic E-state index is 12.1. The van der Waals surface area contributed by atoms with Crippen LogP contribution in [0, 0.1) is 0 Å². The number of carbonyl (C=O) groups is 1. The Bertz CT molecular complexity index is 452. The summed E-state index contributed by atoms with van der Waals surface area (Å²) in [6.07, 6.45) is 0.